The summed E-state index contributed by atoms with van der Waals surface area (Å²) < 4.78 is 21.7. The number of carbonyl (C=O) groups is 2. The maximum atomic E-state index is 11.2. The van der Waals surface area contributed by atoms with Gasteiger partial charge in [0.15, 0.2) is 0 Å². The van der Waals surface area contributed by atoms with E-state index in [9.17, 15) is 9.59 Å². The molecule has 6 nitrogen and oxygen atoms in total. The van der Waals surface area contributed by atoms with E-state index in [1.807, 2.05) is 0 Å². The highest BCUT2D eigenvalue weighted by molar-refractivity contribution is 5.83. The second-order valence-corrected chi connectivity index (χ2v) is 5.87. The van der Waals surface area contributed by atoms with Gasteiger partial charge in [-0.3, -0.25) is 0 Å². The van der Waals surface area contributed by atoms with Crippen LogP contribution >= 0.6 is 0 Å². The summed E-state index contributed by atoms with van der Waals surface area (Å²) in [6.45, 7) is 6.71. The van der Waals surface area contributed by atoms with Gasteiger partial charge in [0.1, 0.15) is 34.5 Å². The average molecular weight is 402 g/mol. The molecule has 0 bridgehead atoms. The van der Waals surface area contributed by atoms with Gasteiger partial charge in [-0.2, -0.15) is 0 Å². The molecule has 0 saturated heterocycles. The highest BCUT2D eigenvalue weighted by Gasteiger charge is 2.05. The van der Waals surface area contributed by atoms with E-state index >= 15 is 0 Å². The Morgan fingerprint density at radius 3 is 1.30 bits per heavy atom. The molecule has 0 fully saturated rings. The summed E-state index contributed by atoms with van der Waals surface area (Å²) in [6, 6.07) is 20.3. The minimum Gasteiger partial charge on any atom is -0.457 e. The van der Waals surface area contributed by atoms with Crippen LogP contribution in [0.1, 0.15) is 0 Å². The SMILES string of the molecule is C=CC(=O)Oc1ccc(Oc2cccc(Oc3ccc(OC(=O)C=C)cc3)c2)cc1. The Balaban J connectivity index is 1.63. The zero-order valence-electron chi connectivity index (χ0n) is 15.9. The largest absolute Gasteiger partial charge is 0.457 e. The predicted octanol–water partition coefficient (Wildman–Crippen LogP) is 5.45. The molecule has 3 aromatic carbocycles. The van der Waals surface area contributed by atoms with E-state index in [1.54, 1.807) is 72.8 Å². The van der Waals surface area contributed by atoms with Crippen LogP contribution in [-0.4, -0.2) is 11.9 Å². The topological polar surface area (TPSA) is 71.1 Å². The van der Waals surface area contributed by atoms with E-state index in [-0.39, 0.29) is 0 Å². The Labute approximate surface area is 173 Å². The predicted molar refractivity (Wildman–Crippen MR) is 111 cm³/mol. The first-order valence-electron chi connectivity index (χ1n) is 8.90. The summed E-state index contributed by atoms with van der Waals surface area (Å²) in [4.78, 5) is 22.4. The van der Waals surface area contributed by atoms with Crippen molar-refractivity contribution in [3.8, 4) is 34.5 Å². The zero-order chi connectivity index (χ0) is 21.3. The van der Waals surface area contributed by atoms with Gasteiger partial charge in [0.2, 0.25) is 0 Å². The fourth-order valence-corrected chi connectivity index (χ4v) is 2.34. The molecule has 0 radical (unpaired) electrons. The van der Waals surface area contributed by atoms with Gasteiger partial charge in [0.05, 0.1) is 0 Å². The van der Waals surface area contributed by atoms with Gasteiger partial charge in [-0.1, -0.05) is 19.2 Å². The van der Waals surface area contributed by atoms with Crippen molar-refractivity contribution < 1.29 is 28.5 Å². The summed E-state index contributed by atoms with van der Waals surface area (Å²) in [7, 11) is 0. The van der Waals surface area contributed by atoms with E-state index < -0.39 is 11.9 Å². The normalized spacial score (nSPS) is 9.87. The van der Waals surface area contributed by atoms with E-state index in [0.29, 0.717) is 34.5 Å². The summed E-state index contributed by atoms with van der Waals surface area (Å²) in [5.74, 6) is 2.01. The number of carbonyl (C=O) groups excluding carboxylic acids is 2. The lowest BCUT2D eigenvalue weighted by Gasteiger charge is -2.10. The van der Waals surface area contributed by atoms with Crippen LogP contribution < -0.4 is 18.9 Å². The smallest absolute Gasteiger partial charge is 0.335 e. The van der Waals surface area contributed by atoms with Crippen molar-refractivity contribution in [1.82, 2.24) is 0 Å². The lowest BCUT2D eigenvalue weighted by molar-refractivity contribution is -0.129. The maximum absolute atomic E-state index is 11.2. The van der Waals surface area contributed by atoms with Crippen LogP contribution in [0.3, 0.4) is 0 Å². The molecule has 0 aliphatic heterocycles. The maximum Gasteiger partial charge on any atom is 0.335 e. The Hall–Kier alpha value is -4.32. The van der Waals surface area contributed by atoms with Crippen LogP contribution in [0.15, 0.2) is 98.1 Å². The molecule has 0 atom stereocenters. The van der Waals surface area contributed by atoms with Crippen molar-refractivity contribution in [3.05, 3.63) is 98.1 Å². The van der Waals surface area contributed by atoms with Crippen LogP contribution in [-0.2, 0) is 9.59 Å². The second kappa shape index (κ2) is 9.75. The number of rotatable bonds is 8. The minimum absolute atomic E-state index is 0.395. The molecular formula is C24H18O6. The molecule has 0 N–H and O–H groups in total. The van der Waals surface area contributed by atoms with Gasteiger partial charge in [-0.25, -0.2) is 9.59 Å². The van der Waals surface area contributed by atoms with E-state index in [1.165, 1.54) is 0 Å². The molecule has 0 saturated carbocycles. The Kier molecular flexibility index (Phi) is 6.63. The summed E-state index contributed by atoms with van der Waals surface area (Å²) in [5.41, 5.74) is 0. The highest BCUT2D eigenvalue weighted by Crippen LogP contribution is 2.30. The molecule has 6 heteroatoms. The van der Waals surface area contributed by atoms with E-state index in [0.717, 1.165) is 12.2 Å². The Morgan fingerprint density at radius 1 is 0.567 bits per heavy atom. The average Bonchev–Trinajstić information content (AvgIpc) is 2.76. The Morgan fingerprint density at radius 2 is 0.933 bits per heavy atom. The summed E-state index contributed by atoms with van der Waals surface area (Å²) >= 11 is 0. The Bertz CT molecular complexity index is 969. The lowest BCUT2D eigenvalue weighted by atomic mass is 10.3. The molecule has 0 unspecified atom stereocenters. The van der Waals surface area contributed by atoms with Gasteiger partial charge < -0.3 is 18.9 Å². The standard InChI is InChI=1S/C24H18O6/c1-3-23(25)29-19-12-8-17(9-13-19)27-21-6-5-7-22(16-21)28-18-10-14-20(15-11-18)30-24(26)4-2/h3-16H,1-2H2. The third-order valence-electron chi connectivity index (χ3n) is 3.69. The molecule has 3 rings (SSSR count). The summed E-state index contributed by atoms with van der Waals surface area (Å²) in [5, 5.41) is 0. The van der Waals surface area contributed by atoms with Crippen LogP contribution in [0.4, 0.5) is 0 Å². The second-order valence-electron chi connectivity index (χ2n) is 5.87. The molecule has 0 heterocycles. The van der Waals surface area contributed by atoms with Crippen molar-refractivity contribution in [1.29, 1.82) is 0 Å². The van der Waals surface area contributed by atoms with Crippen LogP contribution in [0, 0.1) is 0 Å². The molecule has 0 amide bonds. The van der Waals surface area contributed by atoms with Gasteiger partial charge >= 0.3 is 11.9 Å². The molecule has 0 aliphatic carbocycles. The van der Waals surface area contributed by atoms with Crippen LogP contribution in [0.25, 0.3) is 0 Å². The van der Waals surface area contributed by atoms with Crippen molar-refractivity contribution in [2.24, 2.45) is 0 Å². The quantitative estimate of drug-likeness (QED) is 0.283. The molecule has 30 heavy (non-hydrogen) atoms. The first-order valence-corrected chi connectivity index (χ1v) is 8.90. The third-order valence-corrected chi connectivity index (χ3v) is 3.69. The monoisotopic (exact) mass is 402 g/mol. The van der Waals surface area contributed by atoms with Crippen molar-refractivity contribution in [2.45, 2.75) is 0 Å². The number of ether oxygens (including phenoxy) is 4. The first-order chi connectivity index (χ1) is 14.6. The number of hydrogen-bond acceptors (Lipinski definition) is 6. The van der Waals surface area contributed by atoms with Crippen LogP contribution in [0.2, 0.25) is 0 Å². The zero-order valence-corrected chi connectivity index (χ0v) is 15.9. The molecule has 0 aromatic heterocycles. The van der Waals surface area contributed by atoms with Gasteiger partial charge in [-0.15, -0.1) is 0 Å². The fraction of sp³-hybridized carbons (Fsp3) is 0. The van der Waals surface area contributed by atoms with E-state index in [4.69, 9.17) is 18.9 Å². The van der Waals surface area contributed by atoms with Gasteiger partial charge in [-0.05, 0) is 60.7 Å². The highest BCUT2D eigenvalue weighted by atomic mass is 16.5. The van der Waals surface area contributed by atoms with Gasteiger partial charge in [0.25, 0.3) is 0 Å². The molecular weight excluding hydrogens is 384 g/mol. The minimum atomic E-state index is -0.527. The first kappa shape index (κ1) is 20.4. The molecule has 3 aromatic rings. The lowest BCUT2D eigenvalue weighted by Crippen LogP contribution is -2.02. The van der Waals surface area contributed by atoms with Crippen LogP contribution in [0.5, 0.6) is 34.5 Å². The summed E-state index contributed by atoms with van der Waals surface area (Å²) in [6.07, 6.45) is 2.19. The third kappa shape index (κ3) is 5.84. The fourth-order valence-electron chi connectivity index (χ4n) is 2.34. The number of hydrogen-bond donors (Lipinski definition) is 0. The van der Waals surface area contributed by atoms with Crippen molar-refractivity contribution in [2.75, 3.05) is 0 Å². The molecule has 0 spiro atoms. The van der Waals surface area contributed by atoms with Gasteiger partial charge in [0, 0.05) is 18.2 Å². The molecule has 150 valence electrons. The van der Waals surface area contributed by atoms with Crippen molar-refractivity contribution in [3.63, 3.8) is 0 Å². The number of benzene rings is 3. The number of esters is 2. The molecule has 0 aliphatic rings. The van der Waals surface area contributed by atoms with Crippen molar-refractivity contribution >= 4 is 11.9 Å². The van der Waals surface area contributed by atoms with E-state index in [2.05, 4.69) is 13.2 Å².